The largest absolute Gasteiger partial charge is 0.497 e. The maximum absolute atomic E-state index is 12.7. The van der Waals surface area contributed by atoms with Crippen LogP contribution in [-0.2, 0) is 9.53 Å². The predicted octanol–water partition coefficient (Wildman–Crippen LogP) is 3.39. The van der Waals surface area contributed by atoms with Gasteiger partial charge in [0.15, 0.2) is 0 Å². The molecule has 1 N–H and O–H groups in total. The van der Waals surface area contributed by atoms with Gasteiger partial charge in [-0.2, -0.15) is 0 Å². The second kappa shape index (κ2) is 8.89. The van der Waals surface area contributed by atoms with E-state index in [1.807, 2.05) is 67.6 Å². The molecule has 1 amide bonds. The molecular weight excluding hydrogens is 302 g/mol. The van der Waals surface area contributed by atoms with Gasteiger partial charge in [0.25, 0.3) is 5.91 Å². The Labute approximate surface area is 143 Å². The summed E-state index contributed by atoms with van der Waals surface area (Å²) in [4.78, 5) is 12.7. The van der Waals surface area contributed by atoms with Crippen LogP contribution in [-0.4, -0.2) is 32.8 Å². The summed E-state index contributed by atoms with van der Waals surface area (Å²) in [6.45, 7) is 2.38. The van der Waals surface area contributed by atoms with E-state index >= 15 is 0 Å². The van der Waals surface area contributed by atoms with Gasteiger partial charge in [0.05, 0.1) is 13.7 Å². The second-order valence-corrected chi connectivity index (χ2v) is 5.53. The molecule has 2 aromatic carbocycles. The normalized spacial score (nSPS) is 12.5. The molecular formula is C20H23NO3. The molecule has 24 heavy (non-hydrogen) atoms. The Morgan fingerprint density at radius 1 is 1.08 bits per heavy atom. The van der Waals surface area contributed by atoms with Crippen LogP contribution >= 0.6 is 0 Å². The SMILES string of the molecule is COC[C@H](C)NC(=O)/C(=C/c1ccc(OC)cc1)c1ccccc1. The number of hydrogen-bond donors (Lipinski definition) is 1. The van der Waals surface area contributed by atoms with E-state index in [2.05, 4.69) is 5.32 Å². The van der Waals surface area contributed by atoms with Crippen molar-refractivity contribution in [3.8, 4) is 5.75 Å². The van der Waals surface area contributed by atoms with Crippen molar-refractivity contribution in [2.45, 2.75) is 13.0 Å². The maximum atomic E-state index is 12.7. The first-order valence-electron chi connectivity index (χ1n) is 7.85. The highest BCUT2D eigenvalue weighted by Gasteiger charge is 2.14. The first kappa shape index (κ1) is 17.8. The molecule has 0 fully saturated rings. The van der Waals surface area contributed by atoms with Crippen LogP contribution in [0.25, 0.3) is 11.6 Å². The molecule has 4 nitrogen and oxygen atoms in total. The molecule has 0 saturated heterocycles. The zero-order chi connectivity index (χ0) is 17.4. The lowest BCUT2D eigenvalue weighted by Crippen LogP contribution is -2.36. The molecule has 0 heterocycles. The van der Waals surface area contributed by atoms with Gasteiger partial charge in [-0.1, -0.05) is 42.5 Å². The van der Waals surface area contributed by atoms with Gasteiger partial charge in [-0.05, 0) is 36.3 Å². The Hall–Kier alpha value is -2.59. The topological polar surface area (TPSA) is 47.6 Å². The van der Waals surface area contributed by atoms with Crippen LogP contribution in [0.5, 0.6) is 5.75 Å². The van der Waals surface area contributed by atoms with Crippen molar-refractivity contribution in [2.75, 3.05) is 20.8 Å². The molecule has 0 aromatic heterocycles. The first-order chi connectivity index (χ1) is 11.6. The fourth-order valence-corrected chi connectivity index (χ4v) is 2.36. The summed E-state index contributed by atoms with van der Waals surface area (Å²) < 4.78 is 10.3. The van der Waals surface area contributed by atoms with Crippen molar-refractivity contribution >= 4 is 17.6 Å². The lowest BCUT2D eigenvalue weighted by Gasteiger charge is -2.15. The van der Waals surface area contributed by atoms with Crippen LogP contribution < -0.4 is 10.1 Å². The van der Waals surface area contributed by atoms with Gasteiger partial charge in [0, 0.05) is 18.7 Å². The third-order valence-corrected chi connectivity index (χ3v) is 3.55. The highest BCUT2D eigenvalue weighted by Crippen LogP contribution is 2.20. The van der Waals surface area contributed by atoms with E-state index in [4.69, 9.17) is 9.47 Å². The minimum atomic E-state index is -0.124. The van der Waals surface area contributed by atoms with Crippen molar-refractivity contribution in [1.29, 1.82) is 0 Å². The number of hydrogen-bond acceptors (Lipinski definition) is 3. The average Bonchev–Trinajstić information content (AvgIpc) is 2.61. The van der Waals surface area contributed by atoms with Gasteiger partial charge in [-0.3, -0.25) is 4.79 Å². The number of benzene rings is 2. The monoisotopic (exact) mass is 325 g/mol. The summed E-state index contributed by atoms with van der Waals surface area (Å²) >= 11 is 0. The number of methoxy groups -OCH3 is 2. The Balaban J connectivity index is 2.31. The summed E-state index contributed by atoms with van der Waals surface area (Å²) in [6.07, 6.45) is 1.88. The van der Waals surface area contributed by atoms with Crippen LogP contribution in [0.2, 0.25) is 0 Å². The van der Waals surface area contributed by atoms with Gasteiger partial charge in [-0.25, -0.2) is 0 Å². The van der Waals surface area contributed by atoms with Crippen molar-refractivity contribution in [3.05, 3.63) is 65.7 Å². The average molecular weight is 325 g/mol. The summed E-state index contributed by atoms with van der Waals surface area (Å²) in [5.41, 5.74) is 2.42. The van der Waals surface area contributed by atoms with Crippen LogP contribution in [0.3, 0.4) is 0 Å². The molecule has 0 unspecified atom stereocenters. The molecule has 4 heteroatoms. The molecule has 1 atom stereocenters. The zero-order valence-corrected chi connectivity index (χ0v) is 14.3. The van der Waals surface area contributed by atoms with Crippen molar-refractivity contribution in [3.63, 3.8) is 0 Å². The lowest BCUT2D eigenvalue weighted by atomic mass is 10.0. The van der Waals surface area contributed by atoms with E-state index in [-0.39, 0.29) is 11.9 Å². The molecule has 0 aliphatic rings. The Kier molecular flexibility index (Phi) is 6.58. The zero-order valence-electron chi connectivity index (χ0n) is 14.3. The standard InChI is InChI=1S/C20H23NO3/c1-15(14-23-2)21-20(22)19(17-7-5-4-6-8-17)13-16-9-11-18(24-3)12-10-16/h4-13,15H,14H2,1-3H3,(H,21,22)/b19-13+/t15-/m0/s1. The molecule has 0 radical (unpaired) electrons. The number of ether oxygens (including phenoxy) is 2. The summed E-state index contributed by atoms with van der Waals surface area (Å²) in [5, 5.41) is 2.97. The Morgan fingerprint density at radius 2 is 1.75 bits per heavy atom. The fraction of sp³-hybridized carbons (Fsp3) is 0.250. The van der Waals surface area contributed by atoms with Crippen molar-refractivity contribution in [2.24, 2.45) is 0 Å². The van der Waals surface area contributed by atoms with Crippen molar-refractivity contribution < 1.29 is 14.3 Å². The van der Waals surface area contributed by atoms with E-state index in [1.54, 1.807) is 14.2 Å². The van der Waals surface area contributed by atoms with Crippen LogP contribution in [0.4, 0.5) is 0 Å². The van der Waals surface area contributed by atoms with Gasteiger partial charge in [0.1, 0.15) is 5.75 Å². The molecule has 0 saturated carbocycles. The van der Waals surface area contributed by atoms with E-state index in [9.17, 15) is 4.79 Å². The Morgan fingerprint density at radius 3 is 2.33 bits per heavy atom. The molecule has 2 rings (SSSR count). The summed E-state index contributed by atoms with van der Waals surface area (Å²) in [7, 11) is 3.25. The van der Waals surface area contributed by atoms with Crippen LogP contribution in [0.15, 0.2) is 54.6 Å². The number of carbonyl (C=O) groups is 1. The fourth-order valence-electron chi connectivity index (χ4n) is 2.36. The number of carbonyl (C=O) groups excluding carboxylic acids is 1. The third-order valence-electron chi connectivity index (χ3n) is 3.55. The smallest absolute Gasteiger partial charge is 0.252 e. The van der Waals surface area contributed by atoms with E-state index in [1.165, 1.54) is 0 Å². The highest BCUT2D eigenvalue weighted by molar-refractivity contribution is 6.24. The summed E-state index contributed by atoms with van der Waals surface area (Å²) in [6, 6.07) is 17.2. The molecule has 0 bridgehead atoms. The maximum Gasteiger partial charge on any atom is 0.252 e. The van der Waals surface area contributed by atoms with Crippen molar-refractivity contribution in [1.82, 2.24) is 5.32 Å². The van der Waals surface area contributed by atoms with Gasteiger partial charge in [0.2, 0.25) is 0 Å². The van der Waals surface area contributed by atoms with Gasteiger partial charge >= 0.3 is 0 Å². The number of amides is 1. The molecule has 0 aliphatic carbocycles. The molecule has 0 spiro atoms. The van der Waals surface area contributed by atoms with E-state index in [0.717, 1.165) is 16.9 Å². The highest BCUT2D eigenvalue weighted by atomic mass is 16.5. The number of nitrogens with one attached hydrogen (secondary N) is 1. The van der Waals surface area contributed by atoms with E-state index < -0.39 is 0 Å². The second-order valence-electron chi connectivity index (χ2n) is 5.53. The van der Waals surface area contributed by atoms with E-state index in [0.29, 0.717) is 12.2 Å². The molecule has 0 aliphatic heterocycles. The lowest BCUT2D eigenvalue weighted by molar-refractivity contribution is -0.116. The molecule has 126 valence electrons. The summed E-state index contributed by atoms with van der Waals surface area (Å²) in [5.74, 6) is 0.660. The minimum absolute atomic E-state index is 0.0644. The predicted molar refractivity (Wildman–Crippen MR) is 96.8 cm³/mol. The van der Waals surface area contributed by atoms with Crippen LogP contribution in [0.1, 0.15) is 18.1 Å². The minimum Gasteiger partial charge on any atom is -0.497 e. The van der Waals surface area contributed by atoms with Gasteiger partial charge in [-0.15, -0.1) is 0 Å². The quantitative estimate of drug-likeness (QED) is 0.627. The Bertz CT molecular complexity index is 678. The first-order valence-corrected chi connectivity index (χ1v) is 7.85. The van der Waals surface area contributed by atoms with Crippen LogP contribution in [0, 0.1) is 0 Å². The van der Waals surface area contributed by atoms with Gasteiger partial charge < -0.3 is 14.8 Å². The number of rotatable bonds is 7. The third kappa shape index (κ3) is 4.96. The molecule has 2 aromatic rings.